The fraction of sp³-hybridized carbons (Fsp3) is 0.389. The fourth-order valence-corrected chi connectivity index (χ4v) is 3.73. The number of aliphatic carboxylic acids is 1. The minimum atomic E-state index is -4.38. The number of alkyl halides is 3. The average molecular weight is 428 g/mol. The van der Waals surface area contributed by atoms with Crippen LogP contribution in [0.2, 0.25) is 0 Å². The smallest absolute Gasteiger partial charge is 0.416 e. The van der Waals surface area contributed by atoms with Gasteiger partial charge in [-0.1, -0.05) is 6.07 Å². The Labute approximate surface area is 168 Å². The topological polar surface area (TPSA) is 85.8 Å². The van der Waals surface area contributed by atoms with Gasteiger partial charge in [0, 0.05) is 37.2 Å². The van der Waals surface area contributed by atoms with E-state index in [4.69, 9.17) is 5.11 Å². The van der Waals surface area contributed by atoms with E-state index >= 15 is 0 Å². The van der Waals surface area contributed by atoms with Gasteiger partial charge in [-0.05, 0) is 18.2 Å². The first-order valence-corrected chi connectivity index (χ1v) is 9.69. The number of benzene rings is 1. The van der Waals surface area contributed by atoms with Crippen LogP contribution >= 0.6 is 11.3 Å². The minimum Gasteiger partial charge on any atom is -0.481 e. The molecule has 1 aromatic heterocycles. The Morgan fingerprint density at radius 3 is 2.59 bits per heavy atom. The standard InChI is InChI=1S/C18H19F3N4O3S/c19-18(20,21)12-2-1-3-14(8-12)25-6-4-24(5-7-25)10-15(26)23-17-22-13(11-29-17)9-16(27)28/h1-3,8,11H,4-7,9-10H2,(H,27,28)(H,22,23,26). The van der Waals surface area contributed by atoms with Crippen molar-refractivity contribution in [1.29, 1.82) is 0 Å². The molecule has 1 aliphatic heterocycles. The van der Waals surface area contributed by atoms with Crippen molar-refractivity contribution in [2.45, 2.75) is 12.6 Å². The molecule has 1 amide bonds. The maximum absolute atomic E-state index is 12.9. The van der Waals surface area contributed by atoms with Crippen LogP contribution in [-0.2, 0) is 22.2 Å². The second-order valence-electron chi connectivity index (χ2n) is 6.57. The molecule has 29 heavy (non-hydrogen) atoms. The first-order chi connectivity index (χ1) is 13.7. The molecule has 1 aliphatic rings. The molecule has 7 nitrogen and oxygen atoms in total. The van der Waals surface area contributed by atoms with Crippen molar-refractivity contribution in [2.75, 3.05) is 42.9 Å². The molecule has 156 valence electrons. The van der Waals surface area contributed by atoms with E-state index in [1.807, 2.05) is 9.80 Å². The lowest BCUT2D eigenvalue weighted by atomic mass is 10.1. The summed E-state index contributed by atoms with van der Waals surface area (Å²) in [5.41, 5.74) is 0.215. The van der Waals surface area contributed by atoms with Crippen LogP contribution in [0.3, 0.4) is 0 Å². The number of hydrogen-bond acceptors (Lipinski definition) is 6. The first kappa shape index (κ1) is 21.1. The van der Waals surface area contributed by atoms with Crippen molar-refractivity contribution in [3.8, 4) is 0 Å². The monoisotopic (exact) mass is 428 g/mol. The number of nitrogens with one attached hydrogen (secondary N) is 1. The molecule has 1 aromatic carbocycles. The van der Waals surface area contributed by atoms with Crippen molar-refractivity contribution >= 4 is 34.0 Å². The van der Waals surface area contributed by atoms with Crippen molar-refractivity contribution in [2.24, 2.45) is 0 Å². The van der Waals surface area contributed by atoms with Crippen molar-refractivity contribution < 1.29 is 27.9 Å². The molecular formula is C18H19F3N4O3S. The van der Waals surface area contributed by atoms with Crippen molar-refractivity contribution in [3.63, 3.8) is 0 Å². The molecule has 2 N–H and O–H groups in total. The highest BCUT2D eigenvalue weighted by molar-refractivity contribution is 7.13. The van der Waals surface area contributed by atoms with E-state index in [-0.39, 0.29) is 18.9 Å². The Bertz CT molecular complexity index is 879. The van der Waals surface area contributed by atoms with Crippen molar-refractivity contribution in [1.82, 2.24) is 9.88 Å². The van der Waals surface area contributed by atoms with Crippen LogP contribution in [0.15, 0.2) is 29.6 Å². The van der Waals surface area contributed by atoms with Crippen LogP contribution in [0.5, 0.6) is 0 Å². The van der Waals surface area contributed by atoms with E-state index in [2.05, 4.69) is 10.3 Å². The van der Waals surface area contributed by atoms with Crippen LogP contribution < -0.4 is 10.2 Å². The second kappa shape index (κ2) is 8.78. The van der Waals surface area contributed by atoms with Gasteiger partial charge in [-0.15, -0.1) is 11.3 Å². The largest absolute Gasteiger partial charge is 0.481 e. The van der Waals surface area contributed by atoms with Crippen LogP contribution in [0.1, 0.15) is 11.3 Å². The zero-order valence-electron chi connectivity index (χ0n) is 15.3. The molecule has 1 saturated heterocycles. The minimum absolute atomic E-state index is 0.129. The number of carboxylic acids is 1. The zero-order valence-corrected chi connectivity index (χ0v) is 16.1. The fourth-order valence-electron chi connectivity index (χ4n) is 3.01. The van der Waals surface area contributed by atoms with Crippen molar-refractivity contribution in [3.05, 3.63) is 40.9 Å². The average Bonchev–Trinajstić information content (AvgIpc) is 3.07. The summed E-state index contributed by atoms with van der Waals surface area (Å²) >= 11 is 1.16. The number of piperazine rings is 1. The number of halogens is 3. The molecule has 3 rings (SSSR count). The predicted octanol–water partition coefficient (Wildman–Crippen LogP) is 2.55. The summed E-state index contributed by atoms with van der Waals surface area (Å²) in [5.74, 6) is -1.26. The molecule has 2 aromatic rings. The molecule has 11 heteroatoms. The molecule has 0 aliphatic carbocycles. The zero-order chi connectivity index (χ0) is 21.0. The van der Waals surface area contributed by atoms with Gasteiger partial charge in [0.1, 0.15) is 0 Å². The van der Waals surface area contributed by atoms with E-state index in [9.17, 15) is 22.8 Å². The summed E-state index contributed by atoms with van der Waals surface area (Å²) < 4.78 is 38.6. The summed E-state index contributed by atoms with van der Waals surface area (Å²) in [6.07, 6.45) is -4.58. The lowest BCUT2D eigenvalue weighted by Crippen LogP contribution is -2.48. The first-order valence-electron chi connectivity index (χ1n) is 8.81. The van der Waals surface area contributed by atoms with Crippen LogP contribution in [0.25, 0.3) is 0 Å². The van der Waals surface area contributed by atoms with E-state index < -0.39 is 17.7 Å². The van der Waals surface area contributed by atoms with Gasteiger partial charge in [0.05, 0.1) is 24.2 Å². The number of anilines is 2. The predicted molar refractivity (Wildman–Crippen MR) is 102 cm³/mol. The molecule has 0 saturated carbocycles. The SMILES string of the molecule is O=C(O)Cc1csc(NC(=O)CN2CCN(c3cccc(C(F)(F)F)c3)CC2)n1. The van der Waals surface area contributed by atoms with Gasteiger partial charge in [0.25, 0.3) is 0 Å². The highest BCUT2D eigenvalue weighted by Crippen LogP contribution is 2.31. The van der Waals surface area contributed by atoms with Gasteiger partial charge in [-0.25, -0.2) is 4.98 Å². The number of aromatic nitrogens is 1. The Balaban J connectivity index is 1.49. The number of carbonyl (C=O) groups excluding carboxylic acids is 1. The lowest BCUT2D eigenvalue weighted by Gasteiger charge is -2.35. The molecule has 0 atom stereocenters. The third-order valence-corrected chi connectivity index (χ3v) is 5.22. The maximum atomic E-state index is 12.9. The van der Waals surface area contributed by atoms with E-state index in [0.29, 0.717) is 42.7 Å². The Morgan fingerprint density at radius 2 is 1.93 bits per heavy atom. The summed E-state index contributed by atoms with van der Waals surface area (Å²) in [4.78, 5) is 30.7. The third-order valence-electron chi connectivity index (χ3n) is 4.41. The summed E-state index contributed by atoms with van der Waals surface area (Å²) in [5, 5.41) is 13.3. The van der Waals surface area contributed by atoms with Gasteiger partial charge in [0.15, 0.2) is 5.13 Å². The highest BCUT2D eigenvalue weighted by atomic mass is 32.1. The summed E-state index contributed by atoms with van der Waals surface area (Å²) in [7, 11) is 0. The lowest BCUT2D eigenvalue weighted by molar-refractivity contribution is -0.138. The number of nitrogens with zero attached hydrogens (tertiary/aromatic N) is 3. The Kier molecular flexibility index (Phi) is 6.38. The highest BCUT2D eigenvalue weighted by Gasteiger charge is 2.31. The number of carboxylic acid groups (broad SMARTS) is 1. The second-order valence-corrected chi connectivity index (χ2v) is 7.43. The number of thiazole rings is 1. The van der Waals surface area contributed by atoms with E-state index in [1.165, 1.54) is 6.07 Å². The summed E-state index contributed by atoms with van der Waals surface area (Å²) in [6, 6.07) is 5.23. The molecule has 0 spiro atoms. The molecule has 0 radical (unpaired) electrons. The number of hydrogen-bond donors (Lipinski definition) is 2. The number of amides is 1. The number of rotatable bonds is 6. The quantitative estimate of drug-likeness (QED) is 0.736. The molecule has 2 heterocycles. The van der Waals surface area contributed by atoms with Gasteiger partial charge >= 0.3 is 12.1 Å². The molecular weight excluding hydrogens is 409 g/mol. The van der Waals surface area contributed by atoms with E-state index in [0.717, 1.165) is 23.5 Å². The van der Waals surface area contributed by atoms with Crippen LogP contribution in [-0.4, -0.2) is 59.6 Å². The van der Waals surface area contributed by atoms with Crippen LogP contribution in [0.4, 0.5) is 24.0 Å². The third kappa shape index (κ3) is 5.91. The Morgan fingerprint density at radius 1 is 1.21 bits per heavy atom. The molecule has 0 unspecified atom stereocenters. The number of carbonyl (C=O) groups is 2. The van der Waals surface area contributed by atoms with Gasteiger partial charge < -0.3 is 15.3 Å². The normalized spacial score (nSPS) is 15.3. The van der Waals surface area contributed by atoms with Gasteiger partial charge in [0.2, 0.25) is 5.91 Å². The van der Waals surface area contributed by atoms with Gasteiger partial charge in [-0.2, -0.15) is 13.2 Å². The van der Waals surface area contributed by atoms with E-state index in [1.54, 1.807) is 11.4 Å². The maximum Gasteiger partial charge on any atom is 0.416 e. The molecule has 0 bridgehead atoms. The molecule has 1 fully saturated rings. The Hall–Kier alpha value is -2.66. The summed E-state index contributed by atoms with van der Waals surface area (Å²) in [6.45, 7) is 2.21. The van der Waals surface area contributed by atoms with Gasteiger partial charge in [-0.3, -0.25) is 14.5 Å². The van der Waals surface area contributed by atoms with Crippen LogP contribution in [0, 0.1) is 0 Å².